The summed E-state index contributed by atoms with van der Waals surface area (Å²) >= 11 is 0. The van der Waals surface area contributed by atoms with Gasteiger partial charge < -0.3 is 15.3 Å². The Morgan fingerprint density at radius 2 is 1.81 bits per heavy atom. The number of carboxylic acids is 1. The highest BCUT2D eigenvalue weighted by Crippen LogP contribution is 2.29. The van der Waals surface area contributed by atoms with Gasteiger partial charge in [-0.05, 0) is 42.9 Å². The molecule has 0 radical (unpaired) electrons. The molecule has 1 heterocycles. The number of carbonyl (C=O) groups excluding carboxylic acids is 2. The van der Waals surface area contributed by atoms with E-state index in [1.165, 1.54) is 4.90 Å². The minimum absolute atomic E-state index is 0.00995. The fraction of sp³-hybridized carbons (Fsp3) is 0.550. The number of nitrogens with zero attached hydrogens (tertiary/aromatic N) is 1. The van der Waals surface area contributed by atoms with Gasteiger partial charge >= 0.3 is 5.97 Å². The maximum atomic E-state index is 12.3. The Morgan fingerprint density at radius 1 is 1.19 bits per heavy atom. The van der Waals surface area contributed by atoms with E-state index in [-0.39, 0.29) is 30.3 Å². The topological polar surface area (TPSA) is 86.7 Å². The molecule has 0 spiro atoms. The third kappa shape index (κ3) is 4.62. The van der Waals surface area contributed by atoms with Crippen LogP contribution in [0.25, 0.3) is 0 Å². The molecule has 0 bridgehead atoms. The lowest BCUT2D eigenvalue weighted by Crippen LogP contribution is -2.50. The Morgan fingerprint density at radius 3 is 2.35 bits per heavy atom. The largest absolute Gasteiger partial charge is 0.481 e. The van der Waals surface area contributed by atoms with Crippen molar-refractivity contribution in [2.24, 2.45) is 5.41 Å². The van der Waals surface area contributed by atoms with Crippen molar-refractivity contribution in [3.8, 4) is 0 Å². The molecule has 0 aromatic heterocycles. The van der Waals surface area contributed by atoms with Crippen molar-refractivity contribution < 1.29 is 19.5 Å². The first-order valence-corrected chi connectivity index (χ1v) is 8.93. The Hall–Kier alpha value is -2.37. The molecular weight excluding hydrogens is 332 g/mol. The quantitative estimate of drug-likeness (QED) is 0.863. The van der Waals surface area contributed by atoms with E-state index < -0.39 is 11.4 Å². The molecule has 1 atom stereocenters. The molecule has 142 valence electrons. The Bertz CT molecular complexity index is 691. The molecule has 2 rings (SSSR count). The molecule has 1 aromatic carbocycles. The lowest BCUT2D eigenvalue weighted by molar-refractivity contribution is -0.153. The molecule has 6 heteroatoms. The minimum atomic E-state index is -0.916. The summed E-state index contributed by atoms with van der Waals surface area (Å²) in [6, 6.07) is 7.34. The SMILES string of the molecule is CC1(C(=O)O)CCCN(C(=O)CNC(=O)c2ccc(C(C)(C)C)cc2)C1. The van der Waals surface area contributed by atoms with Gasteiger partial charge in [0.15, 0.2) is 0 Å². The number of rotatable bonds is 4. The molecule has 0 aliphatic carbocycles. The van der Waals surface area contributed by atoms with Gasteiger partial charge in [-0.15, -0.1) is 0 Å². The van der Waals surface area contributed by atoms with E-state index in [1.54, 1.807) is 19.1 Å². The van der Waals surface area contributed by atoms with Crippen LogP contribution >= 0.6 is 0 Å². The van der Waals surface area contributed by atoms with Crippen molar-refractivity contribution in [1.29, 1.82) is 0 Å². The van der Waals surface area contributed by atoms with Gasteiger partial charge in [0.1, 0.15) is 0 Å². The number of piperidine rings is 1. The van der Waals surface area contributed by atoms with E-state index in [9.17, 15) is 19.5 Å². The fourth-order valence-corrected chi connectivity index (χ4v) is 3.12. The predicted molar refractivity (Wildman–Crippen MR) is 99.0 cm³/mol. The highest BCUT2D eigenvalue weighted by molar-refractivity contribution is 5.96. The zero-order valence-electron chi connectivity index (χ0n) is 16.0. The molecule has 1 aliphatic heterocycles. The summed E-state index contributed by atoms with van der Waals surface area (Å²) in [6.45, 7) is 8.54. The first-order chi connectivity index (χ1) is 12.0. The van der Waals surface area contributed by atoms with Crippen LogP contribution in [0, 0.1) is 5.41 Å². The normalized spacial score (nSPS) is 20.5. The van der Waals surface area contributed by atoms with E-state index in [2.05, 4.69) is 26.1 Å². The maximum Gasteiger partial charge on any atom is 0.311 e. The number of nitrogens with one attached hydrogen (secondary N) is 1. The van der Waals surface area contributed by atoms with Crippen molar-refractivity contribution in [3.63, 3.8) is 0 Å². The molecule has 1 aromatic rings. The number of benzene rings is 1. The first-order valence-electron chi connectivity index (χ1n) is 8.93. The van der Waals surface area contributed by atoms with Gasteiger partial charge in [0, 0.05) is 18.7 Å². The summed E-state index contributed by atoms with van der Waals surface area (Å²) in [5.74, 6) is -1.45. The molecule has 6 nitrogen and oxygen atoms in total. The number of carboxylic acid groups (broad SMARTS) is 1. The monoisotopic (exact) mass is 360 g/mol. The molecule has 1 unspecified atom stereocenters. The van der Waals surface area contributed by atoms with Crippen molar-refractivity contribution in [1.82, 2.24) is 10.2 Å². The van der Waals surface area contributed by atoms with Crippen LogP contribution in [0.15, 0.2) is 24.3 Å². The third-order valence-corrected chi connectivity index (χ3v) is 4.98. The van der Waals surface area contributed by atoms with Gasteiger partial charge in [-0.3, -0.25) is 14.4 Å². The second kappa shape index (κ2) is 7.48. The Labute approximate surface area is 154 Å². The summed E-state index contributed by atoms with van der Waals surface area (Å²) in [4.78, 5) is 37.5. The van der Waals surface area contributed by atoms with Crippen molar-refractivity contribution >= 4 is 17.8 Å². The van der Waals surface area contributed by atoms with Gasteiger partial charge in [-0.1, -0.05) is 32.9 Å². The number of carbonyl (C=O) groups is 3. The van der Waals surface area contributed by atoms with E-state index in [4.69, 9.17) is 0 Å². The fourth-order valence-electron chi connectivity index (χ4n) is 3.12. The Kier molecular flexibility index (Phi) is 5.74. The maximum absolute atomic E-state index is 12.3. The molecule has 2 amide bonds. The van der Waals surface area contributed by atoms with Crippen LogP contribution in [0.3, 0.4) is 0 Å². The van der Waals surface area contributed by atoms with Crippen LogP contribution in [-0.2, 0) is 15.0 Å². The van der Waals surface area contributed by atoms with Crippen molar-refractivity contribution in [2.45, 2.75) is 46.0 Å². The third-order valence-electron chi connectivity index (χ3n) is 4.98. The highest BCUT2D eigenvalue weighted by Gasteiger charge is 2.39. The molecule has 1 saturated heterocycles. The zero-order chi connectivity index (χ0) is 19.5. The molecule has 26 heavy (non-hydrogen) atoms. The van der Waals surface area contributed by atoms with Crippen LogP contribution in [0.1, 0.15) is 56.5 Å². The summed E-state index contributed by atoms with van der Waals surface area (Å²) in [6.07, 6.45) is 1.20. The number of hydrogen-bond acceptors (Lipinski definition) is 3. The standard InChI is InChI=1S/C20H28N2O4/c1-19(2,3)15-8-6-14(7-9-15)17(24)21-12-16(23)22-11-5-10-20(4,13-22)18(25)26/h6-9H,5,10-13H2,1-4H3,(H,21,24)(H,25,26). The summed E-state index contributed by atoms with van der Waals surface area (Å²) in [7, 11) is 0. The average Bonchev–Trinajstić information content (AvgIpc) is 2.58. The van der Waals surface area contributed by atoms with Crippen molar-refractivity contribution in [2.75, 3.05) is 19.6 Å². The molecular formula is C20H28N2O4. The Balaban J connectivity index is 1.92. The van der Waals surface area contributed by atoms with Crippen molar-refractivity contribution in [3.05, 3.63) is 35.4 Å². The average molecular weight is 360 g/mol. The van der Waals surface area contributed by atoms with Crippen LogP contribution < -0.4 is 5.32 Å². The highest BCUT2D eigenvalue weighted by atomic mass is 16.4. The number of aliphatic carboxylic acids is 1. The van der Waals surface area contributed by atoms with Crippen LogP contribution in [0.5, 0.6) is 0 Å². The van der Waals surface area contributed by atoms with E-state index >= 15 is 0 Å². The minimum Gasteiger partial charge on any atom is -0.481 e. The van der Waals surface area contributed by atoms with E-state index in [1.807, 2.05) is 12.1 Å². The number of hydrogen-bond donors (Lipinski definition) is 2. The van der Waals surface area contributed by atoms with Crippen LogP contribution in [0.2, 0.25) is 0 Å². The van der Waals surface area contributed by atoms with E-state index in [0.717, 1.165) is 5.56 Å². The van der Waals surface area contributed by atoms with E-state index in [0.29, 0.717) is 24.9 Å². The zero-order valence-corrected chi connectivity index (χ0v) is 16.0. The van der Waals surface area contributed by atoms with Gasteiger partial charge in [-0.25, -0.2) is 0 Å². The summed E-state index contributed by atoms with van der Waals surface area (Å²) in [5.41, 5.74) is 0.725. The van der Waals surface area contributed by atoms with Crippen LogP contribution in [-0.4, -0.2) is 47.4 Å². The molecule has 1 aliphatic rings. The van der Waals surface area contributed by atoms with Crippen LogP contribution in [0.4, 0.5) is 0 Å². The number of amides is 2. The van der Waals surface area contributed by atoms with Gasteiger partial charge in [0.2, 0.25) is 5.91 Å². The number of likely N-dealkylation sites (tertiary alicyclic amines) is 1. The second-order valence-electron chi connectivity index (χ2n) is 8.29. The molecule has 2 N–H and O–H groups in total. The smallest absolute Gasteiger partial charge is 0.311 e. The van der Waals surface area contributed by atoms with Gasteiger partial charge in [-0.2, -0.15) is 0 Å². The summed E-state index contributed by atoms with van der Waals surface area (Å²) < 4.78 is 0. The first kappa shape index (κ1) is 19.9. The predicted octanol–water partition coefficient (Wildman–Crippen LogP) is 2.43. The lowest BCUT2D eigenvalue weighted by atomic mass is 9.82. The summed E-state index contributed by atoms with van der Waals surface area (Å²) in [5, 5.41) is 12.0. The second-order valence-corrected chi connectivity index (χ2v) is 8.29. The molecule has 0 saturated carbocycles. The molecule has 1 fully saturated rings. The van der Waals surface area contributed by atoms with Gasteiger partial charge in [0.05, 0.1) is 12.0 Å². The lowest BCUT2D eigenvalue weighted by Gasteiger charge is -2.37. The van der Waals surface area contributed by atoms with Gasteiger partial charge in [0.25, 0.3) is 5.91 Å².